The van der Waals surface area contributed by atoms with Crippen LogP contribution in [-0.2, 0) is 6.42 Å². The topological polar surface area (TPSA) is 15.3 Å². The molecule has 2 nitrogen and oxygen atoms in total. The van der Waals surface area contributed by atoms with E-state index in [9.17, 15) is 0 Å². The third kappa shape index (κ3) is 2.32. The highest BCUT2D eigenvalue weighted by Gasteiger charge is 2.24. The zero-order valence-electron chi connectivity index (χ0n) is 11.5. The Morgan fingerprint density at radius 2 is 2.12 bits per heavy atom. The van der Waals surface area contributed by atoms with Crippen LogP contribution in [0.15, 0.2) is 12.1 Å². The first kappa shape index (κ1) is 12.4. The van der Waals surface area contributed by atoms with Crippen molar-refractivity contribution < 1.29 is 0 Å². The molecular formula is C15H24N2. The maximum atomic E-state index is 3.26. The van der Waals surface area contributed by atoms with Crippen molar-refractivity contribution in [3.8, 4) is 0 Å². The van der Waals surface area contributed by atoms with Crippen LogP contribution in [0.4, 0.5) is 5.69 Å². The summed E-state index contributed by atoms with van der Waals surface area (Å²) in [6.45, 7) is 5.57. The Labute approximate surface area is 105 Å². The Morgan fingerprint density at radius 3 is 2.82 bits per heavy atom. The second-order valence-electron chi connectivity index (χ2n) is 5.21. The fourth-order valence-electron chi connectivity index (χ4n) is 2.90. The van der Waals surface area contributed by atoms with E-state index in [-0.39, 0.29) is 0 Å². The molecule has 1 atom stereocenters. The lowest BCUT2D eigenvalue weighted by Gasteiger charge is -2.37. The van der Waals surface area contributed by atoms with Gasteiger partial charge in [0.05, 0.1) is 0 Å². The zero-order chi connectivity index (χ0) is 12.4. The Bertz CT molecular complexity index is 398. The number of fused-ring (bicyclic) bond motifs is 1. The molecule has 0 saturated heterocycles. The molecule has 2 heteroatoms. The molecule has 0 aliphatic carbocycles. The van der Waals surface area contributed by atoms with Crippen molar-refractivity contribution >= 4 is 5.69 Å². The van der Waals surface area contributed by atoms with Crippen LogP contribution in [0.1, 0.15) is 29.5 Å². The van der Waals surface area contributed by atoms with E-state index in [4.69, 9.17) is 0 Å². The largest absolute Gasteiger partial charge is 0.371 e. The van der Waals surface area contributed by atoms with E-state index >= 15 is 0 Å². The van der Waals surface area contributed by atoms with Crippen LogP contribution >= 0.6 is 0 Å². The molecule has 2 rings (SSSR count). The summed E-state index contributed by atoms with van der Waals surface area (Å²) in [7, 11) is 4.29. The molecular weight excluding hydrogens is 208 g/mol. The second-order valence-corrected chi connectivity index (χ2v) is 5.21. The number of aryl methyl sites for hydroxylation is 2. The number of benzene rings is 1. The van der Waals surface area contributed by atoms with Gasteiger partial charge in [0, 0.05) is 18.8 Å². The van der Waals surface area contributed by atoms with Crippen molar-refractivity contribution in [3.63, 3.8) is 0 Å². The molecule has 94 valence electrons. The molecule has 0 bridgehead atoms. The fourth-order valence-corrected chi connectivity index (χ4v) is 2.90. The fraction of sp³-hybridized carbons (Fsp3) is 0.600. The summed E-state index contributed by atoms with van der Waals surface area (Å²) >= 11 is 0. The molecule has 1 N–H and O–H groups in total. The molecule has 1 heterocycles. The van der Waals surface area contributed by atoms with Crippen LogP contribution in [0.25, 0.3) is 0 Å². The third-order valence-corrected chi connectivity index (χ3v) is 4.16. The molecule has 0 radical (unpaired) electrons. The maximum Gasteiger partial charge on any atom is 0.0431 e. The van der Waals surface area contributed by atoms with E-state index in [1.54, 1.807) is 0 Å². The molecule has 1 unspecified atom stereocenters. The van der Waals surface area contributed by atoms with Crippen molar-refractivity contribution in [2.45, 2.75) is 39.2 Å². The van der Waals surface area contributed by atoms with Gasteiger partial charge in [-0.3, -0.25) is 0 Å². The summed E-state index contributed by atoms with van der Waals surface area (Å²) in [5, 5.41) is 3.26. The predicted octanol–water partition coefficient (Wildman–Crippen LogP) is 2.66. The summed E-state index contributed by atoms with van der Waals surface area (Å²) in [4.78, 5) is 2.50. The van der Waals surface area contributed by atoms with Crippen LogP contribution in [0.3, 0.4) is 0 Å². The maximum absolute atomic E-state index is 3.26. The van der Waals surface area contributed by atoms with Crippen LogP contribution < -0.4 is 10.2 Å². The van der Waals surface area contributed by atoms with Crippen molar-refractivity contribution in [1.82, 2.24) is 5.32 Å². The van der Waals surface area contributed by atoms with E-state index < -0.39 is 0 Å². The first-order valence-electron chi connectivity index (χ1n) is 6.61. The Kier molecular flexibility index (Phi) is 3.72. The first-order valence-corrected chi connectivity index (χ1v) is 6.61. The molecule has 1 aliphatic heterocycles. The molecule has 1 aromatic rings. The Hall–Kier alpha value is -1.02. The molecule has 1 aromatic carbocycles. The van der Waals surface area contributed by atoms with Gasteiger partial charge >= 0.3 is 0 Å². The highest BCUT2D eigenvalue weighted by molar-refractivity contribution is 5.63. The van der Waals surface area contributed by atoms with E-state index in [2.05, 4.69) is 43.2 Å². The normalized spacial score (nSPS) is 19.3. The number of anilines is 1. The first-order chi connectivity index (χ1) is 8.15. The number of rotatable bonds is 3. The molecule has 0 spiro atoms. The lowest BCUT2D eigenvalue weighted by Crippen LogP contribution is -2.38. The molecule has 0 fully saturated rings. The average Bonchev–Trinajstić information content (AvgIpc) is 2.33. The summed E-state index contributed by atoms with van der Waals surface area (Å²) in [5.74, 6) is 0. The molecule has 0 aromatic heterocycles. The van der Waals surface area contributed by atoms with Gasteiger partial charge in [0.25, 0.3) is 0 Å². The molecule has 17 heavy (non-hydrogen) atoms. The van der Waals surface area contributed by atoms with Crippen molar-refractivity contribution in [3.05, 3.63) is 28.8 Å². The highest BCUT2D eigenvalue weighted by atomic mass is 15.1. The second kappa shape index (κ2) is 5.09. The summed E-state index contributed by atoms with van der Waals surface area (Å²) in [6, 6.07) is 5.26. The van der Waals surface area contributed by atoms with Crippen molar-refractivity contribution in [2.75, 3.05) is 25.5 Å². The van der Waals surface area contributed by atoms with Gasteiger partial charge < -0.3 is 10.2 Å². The van der Waals surface area contributed by atoms with E-state index in [0.29, 0.717) is 6.04 Å². The van der Waals surface area contributed by atoms with Crippen LogP contribution in [0, 0.1) is 13.8 Å². The van der Waals surface area contributed by atoms with Gasteiger partial charge in [0.2, 0.25) is 0 Å². The standard InChI is InChI=1S/C15H24N2/c1-11-5-6-13-7-8-14(9-10-16-3)17(4)15(13)12(11)2/h5-6,14,16H,7-10H2,1-4H3. The SMILES string of the molecule is CNCCC1CCc2ccc(C)c(C)c2N1C. The zero-order valence-corrected chi connectivity index (χ0v) is 11.5. The minimum Gasteiger partial charge on any atom is -0.371 e. The van der Waals surface area contributed by atoms with Gasteiger partial charge in [0.15, 0.2) is 0 Å². The molecule has 0 amide bonds. The highest BCUT2D eigenvalue weighted by Crippen LogP contribution is 2.34. The quantitative estimate of drug-likeness (QED) is 0.862. The predicted molar refractivity (Wildman–Crippen MR) is 75.0 cm³/mol. The number of hydrogen-bond acceptors (Lipinski definition) is 2. The van der Waals surface area contributed by atoms with Crippen molar-refractivity contribution in [1.29, 1.82) is 0 Å². The number of nitrogens with one attached hydrogen (secondary N) is 1. The molecule has 1 aliphatic rings. The Balaban J connectivity index is 2.27. The molecule has 0 saturated carbocycles. The minimum absolute atomic E-state index is 0.690. The number of nitrogens with zero attached hydrogens (tertiary/aromatic N) is 1. The van der Waals surface area contributed by atoms with Gasteiger partial charge in [-0.1, -0.05) is 12.1 Å². The van der Waals surface area contributed by atoms with Gasteiger partial charge in [-0.15, -0.1) is 0 Å². The van der Waals surface area contributed by atoms with Crippen LogP contribution in [-0.4, -0.2) is 26.7 Å². The summed E-state index contributed by atoms with van der Waals surface area (Å²) < 4.78 is 0. The van der Waals surface area contributed by atoms with E-state index in [1.165, 1.54) is 41.6 Å². The van der Waals surface area contributed by atoms with Crippen LogP contribution in [0.5, 0.6) is 0 Å². The summed E-state index contributed by atoms with van der Waals surface area (Å²) in [5.41, 5.74) is 5.87. The van der Waals surface area contributed by atoms with Crippen LogP contribution in [0.2, 0.25) is 0 Å². The van der Waals surface area contributed by atoms with Gasteiger partial charge in [0.1, 0.15) is 0 Å². The lowest BCUT2D eigenvalue weighted by atomic mass is 9.90. The third-order valence-electron chi connectivity index (χ3n) is 4.16. The van der Waals surface area contributed by atoms with Crippen molar-refractivity contribution in [2.24, 2.45) is 0 Å². The van der Waals surface area contributed by atoms with E-state index in [0.717, 1.165) is 6.54 Å². The lowest BCUT2D eigenvalue weighted by molar-refractivity contribution is 0.509. The minimum atomic E-state index is 0.690. The average molecular weight is 232 g/mol. The monoisotopic (exact) mass is 232 g/mol. The van der Waals surface area contributed by atoms with Gasteiger partial charge in [-0.2, -0.15) is 0 Å². The van der Waals surface area contributed by atoms with Gasteiger partial charge in [-0.05, 0) is 63.4 Å². The summed E-state index contributed by atoms with van der Waals surface area (Å²) in [6.07, 6.45) is 3.75. The van der Waals surface area contributed by atoms with E-state index in [1.807, 2.05) is 7.05 Å². The number of hydrogen-bond donors (Lipinski definition) is 1. The Morgan fingerprint density at radius 1 is 1.35 bits per heavy atom. The van der Waals surface area contributed by atoms with Gasteiger partial charge in [-0.25, -0.2) is 0 Å². The smallest absolute Gasteiger partial charge is 0.0431 e.